The minimum absolute atomic E-state index is 0.709. The number of anilines is 1. The Labute approximate surface area is 145 Å². The second kappa shape index (κ2) is 6.41. The first kappa shape index (κ1) is 14.8. The summed E-state index contributed by atoms with van der Waals surface area (Å²) in [5, 5.41) is 0. The number of pyridine rings is 1. The normalized spacial score (nSPS) is 16.9. The Morgan fingerprint density at radius 1 is 1.17 bits per heavy atom. The summed E-state index contributed by atoms with van der Waals surface area (Å²) >= 11 is -0.933. The summed E-state index contributed by atoms with van der Waals surface area (Å²) in [6.07, 6.45) is 2.74. The van der Waals surface area contributed by atoms with Crippen molar-refractivity contribution in [3.63, 3.8) is 0 Å². The fourth-order valence-corrected chi connectivity index (χ4v) is 5.57. The molecule has 1 aromatic heterocycles. The van der Waals surface area contributed by atoms with Crippen molar-refractivity contribution in [2.24, 2.45) is 3.21 Å². The number of nitrogens with zero attached hydrogens (tertiary/aromatic N) is 3. The van der Waals surface area contributed by atoms with Gasteiger partial charge in [0.05, 0.1) is 0 Å². The van der Waals surface area contributed by atoms with E-state index in [0.29, 0.717) is 5.56 Å². The number of hydrogen-bond acceptors (Lipinski definition) is 5. The molecule has 0 spiro atoms. The number of rotatable bonds is 3. The molecule has 1 saturated heterocycles. The molecule has 1 aromatic carbocycles. The van der Waals surface area contributed by atoms with Crippen LogP contribution in [-0.4, -0.2) is 64.7 Å². The van der Waals surface area contributed by atoms with Crippen molar-refractivity contribution < 1.29 is 9.53 Å². The van der Waals surface area contributed by atoms with Crippen molar-refractivity contribution >= 4 is 42.8 Å². The van der Waals surface area contributed by atoms with Crippen LogP contribution in [0.3, 0.4) is 0 Å². The Hall–Kier alpha value is -1.73. The average molecular weight is 412 g/mol. The van der Waals surface area contributed by atoms with Gasteiger partial charge in [-0.25, -0.2) is 0 Å². The van der Waals surface area contributed by atoms with Gasteiger partial charge in [0.2, 0.25) is 0 Å². The number of carbonyl (C=O) groups excluding carboxylic acids is 1. The molecule has 114 valence electrons. The molecule has 0 saturated carbocycles. The van der Waals surface area contributed by atoms with Crippen LogP contribution in [0.1, 0.15) is 21.5 Å². The molecule has 5 nitrogen and oxygen atoms in total. The zero-order valence-corrected chi connectivity index (χ0v) is 15.4. The van der Waals surface area contributed by atoms with Gasteiger partial charge in [-0.15, -0.1) is 0 Å². The van der Waals surface area contributed by atoms with Crippen LogP contribution < -0.4 is 8.48 Å². The van der Waals surface area contributed by atoms with Gasteiger partial charge in [0.15, 0.2) is 0 Å². The van der Waals surface area contributed by atoms with Gasteiger partial charge in [0, 0.05) is 0 Å². The van der Waals surface area contributed by atoms with Crippen LogP contribution in [0.4, 0.5) is 5.82 Å². The van der Waals surface area contributed by atoms with Crippen molar-refractivity contribution in [1.82, 2.24) is 4.98 Å². The molecule has 0 N–H and O–H groups in total. The summed E-state index contributed by atoms with van der Waals surface area (Å²) in [6.45, 7) is 3.22. The maximum absolute atomic E-state index is 11.1. The second-order valence-electron chi connectivity index (χ2n) is 5.50. The fraction of sp³-hybridized carbons (Fsp3) is 0.235. The molecule has 0 amide bonds. The number of carbonyl (C=O) groups is 1. The molecule has 6 heteroatoms. The molecule has 2 aromatic rings. The van der Waals surface area contributed by atoms with Crippen LogP contribution in [0.15, 0.2) is 39.7 Å². The Morgan fingerprint density at radius 2 is 2.04 bits per heavy atom. The molecule has 1 fully saturated rings. The van der Waals surface area contributed by atoms with Crippen molar-refractivity contribution in [2.75, 3.05) is 31.2 Å². The van der Waals surface area contributed by atoms with Crippen molar-refractivity contribution in [2.45, 2.75) is 0 Å². The van der Waals surface area contributed by atoms with Crippen LogP contribution in [0.5, 0.6) is 0 Å². The van der Waals surface area contributed by atoms with Crippen LogP contribution in [0.2, 0.25) is 0 Å². The van der Waals surface area contributed by atoms with Gasteiger partial charge in [0.1, 0.15) is 0 Å². The van der Waals surface area contributed by atoms with E-state index in [1.54, 1.807) is 0 Å². The third-order valence-corrected chi connectivity index (χ3v) is 6.97. The number of morpholine rings is 1. The van der Waals surface area contributed by atoms with E-state index in [-0.39, 0.29) is 0 Å². The fourth-order valence-electron chi connectivity index (χ4n) is 2.86. The monoisotopic (exact) mass is 413 g/mol. The van der Waals surface area contributed by atoms with E-state index >= 15 is 0 Å². The quantitative estimate of drug-likeness (QED) is 0.554. The molecular weight excluding hydrogens is 397 g/mol. The van der Waals surface area contributed by atoms with Gasteiger partial charge in [-0.3, -0.25) is 0 Å². The van der Waals surface area contributed by atoms with Crippen LogP contribution in [0, 0.1) is 0 Å². The zero-order chi connectivity index (χ0) is 15.6. The minimum atomic E-state index is -0.933. The van der Waals surface area contributed by atoms with Gasteiger partial charge in [0.25, 0.3) is 0 Å². The predicted octanol–water partition coefficient (Wildman–Crippen LogP) is 0.826. The first-order valence-corrected chi connectivity index (χ1v) is 10.3. The van der Waals surface area contributed by atoms with E-state index in [0.717, 1.165) is 55.2 Å². The molecule has 3 heterocycles. The molecule has 2 aliphatic rings. The molecule has 0 unspecified atom stereocenters. The van der Waals surface area contributed by atoms with Gasteiger partial charge >= 0.3 is 145 Å². The second-order valence-corrected chi connectivity index (χ2v) is 8.31. The Morgan fingerprint density at radius 3 is 2.87 bits per heavy atom. The number of benzene rings is 1. The summed E-state index contributed by atoms with van der Waals surface area (Å²) in [6, 6.07) is 10.0. The van der Waals surface area contributed by atoms with Crippen molar-refractivity contribution in [3.8, 4) is 0 Å². The third-order valence-electron chi connectivity index (χ3n) is 4.08. The number of aromatic nitrogens is 1. The van der Waals surface area contributed by atoms with Crippen molar-refractivity contribution in [3.05, 3.63) is 53.2 Å². The number of hydrogen-bond donors (Lipinski definition) is 0. The molecule has 2 aliphatic heterocycles. The number of ether oxygens (including phenoxy) is 1. The maximum atomic E-state index is 11.1. The van der Waals surface area contributed by atoms with Crippen LogP contribution >= 0.6 is 0 Å². The molecule has 2 radical (unpaired) electrons. The summed E-state index contributed by atoms with van der Waals surface area (Å²) < 4.78 is 11.6. The predicted molar refractivity (Wildman–Crippen MR) is 90.1 cm³/mol. The van der Waals surface area contributed by atoms with Gasteiger partial charge in [-0.05, 0) is 0 Å². The third kappa shape index (κ3) is 2.90. The van der Waals surface area contributed by atoms with Gasteiger partial charge in [-0.1, -0.05) is 0 Å². The molecular formula is C17H15N3O2Sn. The molecule has 0 bridgehead atoms. The standard InChI is InChI=1S/C17H15N3O2.Sn/c18-17(14-3-1-2-13(10-14)12-21)15-4-5-19-16(11-15)20-6-8-22-9-7-20;/h1-2,4-5,10-12H,6-9H2;/q-1;+1. The number of aldehydes is 1. The van der Waals surface area contributed by atoms with E-state index in [1.807, 2.05) is 24.4 Å². The SMILES string of the molecule is O=Cc1cc[c]2c(c1)C(c1ccnc(N3CCOCC3)c1)=[N][Sn]2. The Kier molecular flexibility index (Phi) is 4.13. The molecule has 23 heavy (non-hydrogen) atoms. The van der Waals surface area contributed by atoms with E-state index in [2.05, 4.69) is 22.0 Å². The van der Waals surface area contributed by atoms with E-state index in [1.165, 1.54) is 3.58 Å². The number of fused-ring (bicyclic) bond motifs is 1. The van der Waals surface area contributed by atoms with Crippen molar-refractivity contribution in [1.29, 1.82) is 0 Å². The first-order chi connectivity index (χ1) is 11.3. The summed E-state index contributed by atoms with van der Waals surface area (Å²) in [5.41, 5.74) is 3.94. The Balaban J connectivity index is 1.69. The van der Waals surface area contributed by atoms with Crippen LogP contribution in [0.25, 0.3) is 0 Å². The molecule has 0 atom stereocenters. The van der Waals surface area contributed by atoms with E-state index < -0.39 is 21.4 Å². The molecule has 0 aliphatic carbocycles. The topological polar surface area (TPSA) is 54.8 Å². The zero-order valence-electron chi connectivity index (χ0n) is 12.5. The van der Waals surface area contributed by atoms with E-state index in [4.69, 9.17) is 7.95 Å². The summed E-state index contributed by atoms with van der Waals surface area (Å²) in [4.78, 5) is 17.8. The van der Waals surface area contributed by atoms with Gasteiger partial charge < -0.3 is 0 Å². The summed E-state index contributed by atoms with van der Waals surface area (Å²) in [5.74, 6) is 0.971. The van der Waals surface area contributed by atoms with E-state index in [9.17, 15) is 4.79 Å². The summed E-state index contributed by atoms with van der Waals surface area (Å²) in [7, 11) is 0. The average Bonchev–Trinajstić information content (AvgIpc) is 3.05. The first-order valence-electron chi connectivity index (χ1n) is 7.57. The Bertz CT molecular complexity index is 785. The van der Waals surface area contributed by atoms with Crippen LogP contribution in [-0.2, 0) is 4.74 Å². The molecule has 4 rings (SSSR count). The van der Waals surface area contributed by atoms with Gasteiger partial charge in [-0.2, -0.15) is 0 Å².